The minimum Gasteiger partial charge on any atom is -0.487 e. The fourth-order valence-electron chi connectivity index (χ4n) is 4.74. The molecule has 0 bridgehead atoms. The molecule has 0 spiro atoms. The van der Waals surface area contributed by atoms with Crippen LogP contribution in [-0.4, -0.2) is 28.4 Å². The van der Waals surface area contributed by atoms with Gasteiger partial charge in [-0.1, -0.05) is 31.5 Å². The van der Waals surface area contributed by atoms with E-state index < -0.39 is 5.97 Å². The Balaban J connectivity index is 1.42. The number of hydrogen-bond donors (Lipinski definition) is 2. The third kappa shape index (κ3) is 4.99. The summed E-state index contributed by atoms with van der Waals surface area (Å²) in [4.78, 5) is 11.1. The quantitative estimate of drug-likeness (QED) is 0.436. The largest absolute Gasteiger partial charge is 0.487 e. The van der Waals surface area contributed by atoms with Crippen molar-refractivity contribution in [2.75, 3.05) is 0 Å². The van der Waals surface area contributed by atoms with Gasteiger partial charge in [-0.2, -0.15) is 0 Å². The van der Waals surface area contributed by atoms with Crippen molar-refractivity contribution in [3.05, 3.63) is 64.9 Å². The Kier molecular flexibility index (Phi) is 6.85. The minimum atomic E-state index is -1.05. The maximum Gasteiger partial charge on any atom is 0.371 e. The third-order valence-corrected chi connectivity index (χ3v) is 6.68. The summed E-state index contributed by atoms with van der Waals surface area (Å²) >= 11 is 0. The van der Waals surface area contributed by atoms with Crippen molar-refractivity contribution >= 4 is 16.9 Å². The van der Waals surface area contributed by atoms with Crippen molar-refractivity contribution in [1.82, 2.24) is 0 Å². The van der Waals surface area contributed by atoms with Crippen molar-refractivity contribution in [3.8, 4) is 5.75 Å². The van der Waals surface area contributed by atoms with Crippen molar-refractivity contribution in [3.63, 3.8) is 0 Å². The number of benzene rings is 2. The van der Waals surface area contributed by atoms with Crippen molar-refractivity contribution in [2.45, 2.75) is 76.9 Å². The van der Waals surface area contributed by atoms with Crippen LogP contribution in [0.5, 0.6) is 5.75 Å². The zero-order chi connectivity index (χ0) is 22.7. The summed E-state index contributed by atoms with van der Waals surface area (Å²) in [6.07, 6.45) is 6.40. The van der Waals surface area contributed by atoms with E-state index in [0.29, 0.717) is 11.5 Å². The fourth-order valence-corrected chi connectivity index (χ4v) is 4.74. The molecular weight excluding hydrogens is 404 g/mol. The lowest BCUT2D eigenvalue weighted by Crippen LogP contribution is -2.34. The third-order valence-electron chi connectivity index (χ3n) is 6.68. The van der Waals surface area contributed by atoms with Crippen LogP contribution >= 0.6 is 0 Å². The molecule has 1 saturated carbocycles. The number of furan rings is 1. The van der Waals surface area contributed by atoms with Crippen molar-refractivity contribution in [2.24, 2.45) is 0 Å². The molecule has 0 aliphatic heterocycles. The predicted molar refractivity (Wildman–Crippen MR) is 125 cm³/mol. The first-order chi connectivity index (χ1) is 15.4. The Hall–Kier alpha value is -2.79. The average molecular weight is 437 g/mol. The number of hydrogen-bond acceptors (Lipinski definition) is 4. The molecule has 3 atom stereocenters. The monoisotopic (exact) mass is 436 g/mol. The van der Waals surface area contributed by atoms with E-state index in [2.05, 4.69) is 32.0 Å². The molecule has 2 N–H and O–H groups in total. The Labute approximate surface area is 189 Å². The molecule has 0 amide bonds. The number of aryl methyl sites for hydroxylation is 2. The van der Waals surface area contributed by atoms with Crippen LogP contribution in [-0.2, 0) is 6.42 Å². The molecule has 5 heteroatoms. The van der Waals surface area contributed by atoms with Crippen LogP contribution in [0.1, 0.15) is 78.6 Å². The van der Waals surface area contributed by atoms with E-state index in [-0.39, 0.29) is 18.0 Å². The van der Waals surface area contributed by atoms with E-state index in [9.17, 15) is 9.90 Å². The van der Waals surface area contributed by atoms with E-state index in [0.717, 1.165) is 61.6 Å². The smallest absolute Gasteiger partial charge is 0.371 e. The Morgan fingerprint density at radius 3 is 2.69 bits per heavy atom. The molecule has 2 aromatic carbocycles. The van der Waals surface area contributed by atoms with Crippen LogP contribution in [0.25, 0.3) is 11.0 Å². The highest BCUT2D eigenvalue weighted by Gasteiger charge is 2.25. The normalized spacial score (nSPS) is 19.7. The maximum atomic E-state index is 11.1. The molecule has 32 heavy (non-hydrogen) atoms. The number of aromatic carboxylic acids is 1. The predicted octanol–water partition coefficient (Wildman–Crippen LogP) is 6.25. The molecule has 5 nitrogen and oxygen atoms in total. The molecule has 1 fully saturated rings. The van der Waals surface area contributed by atoms with Gasteiger partial charge in [0.15, 0.2) is 0 Å². The van der Waals surface area contributed by atoms with Crippen molar-refractivity contribution in [1.29, 1.82) is 0 Å². The number of carboxylic acids is 1. The fraction of sp³-hybridized carbons (Fsp3) is 0.444. The highest BCUT2D eigenvalue weighted by atomic mass is 16.5. The van der Waals surface area contributed by atoms with E-state index in [4.69, 9.17) is 14.3 Å². The summed E-state index contributed by atoms with van der Waals surface area (Å²) in [5.74, 6) is 0.226. The van der Waals surface area contributed by atoms with Gasteiger partial charge in [0, 0.05) is 5.39 Å². The van der Waals surface area contributed by atoms with E-state index in [1.54, 1.807) is 6.07 Å². The number of carbonyl (C=O) groups is 1. The molecular formula is C27H32O5. The second-order valence-corrected chi connectivity index (χ2v) is 8.96. The first-order valence-corrected chi connectivity index (χ1v) is 11.7. The SMILES string of the molecule is CCC(CCc1ccc2oc(C(=O)O)cc2c1)c1ccc(OC2CCCCC2O)c(C)c1. The van der Waals surface area contributed by atoms with Gasteiger partial charge in [0.1, 0.15) is 17.4 Å². The van der Waals surface area contributed by atoms with Crippen LogP contribution in [0.2, 0.25) is 0 Å². The highest BCUT2D eigenvalue weighted by molar-refractivity contribution is 5.91. The van der Waals surface area contributed by atoms with Crippen LogP contribution in [0.3, 0.4) is 0 Å². The molecule has 1 heterocycles. The standard InChI is InChI=1S/C27H32O5/c1-3-19(10-8-18-9-12-24-21(15-18)16-26(32-24)27(29)30)20-11-13-23(17(2)14-20)31-25-7-5-4-6-22(25)28/h9,11-16,19,22,25,28H,3-8,10H2,1-2H3,(H,29,30). The summed E-state index contributed by atoms with van der Waals surface area (Å²) in [6.45, 7) is 4.29. The number of aliphatic hydroxyl groups excluding tert-OH is 1. The van der Waals surface area contributed by atoms with E-state index in [1.807, 2.05) is 18.2 Å². The number of ether oxygens (including phenoxy) is 1. The lowest BCUT2D eigenvalue weighted by atomic mass is 9.89. The molecule has 1 aromatic heterocycles. The van der Waals surface area contributed by atoms with Crippen LogP contribution < -0.4 is 4.74 Å². The minimum absolute atomic E-state index is 0.0258. The van der Waals surface area contributed by atoms with Crippen LogP contribution in [0.4, 0.5) is 0 Å². The molecule has 3 unspecified atom stereocenters. The second-order valence-electron chi connectivity index (χ2n) is 8.96. The van der Waals surface area contributed by atoms with Gasteiger partial charge in [-0.3, -0.25) is 0 Å². The Morgan fingerprint density at radius 2 is 1.97 bits per heavy atom. The molecule has 3 aromatic rings. The van der Waals surface area contributed by atoms with Gasteiger partial charge in [-0.15, -0.1) is 0 Å². The van der Waals surface area contributed by atoms with Gasteiger partial charge in [0.2, 0.25) is 5.76 Å². The zero-order valence-electron chi connectivity index (χ0n) is 18.8. The number of fused-ring (bicyclic) bond motifs is 1. The highest BCUT2D eigenvalue weighted by Crippen LogP contribution is 2.32. The molecule has 0 saturated heterocycles. The Morgan fingerprint density at radius 1 is 1.16 bits per heavy atom. The molecule has 1 aliphatic carbocycles. The molecule has 170 valence electrons. The molecule has 1 aliphatic rings. The number of rotatable bonds is 8. The summed E-state index contributed by atoms with van der Waals surface area (Å²) in [6, 6.07) is 13.9. The van der Waals surface area contributed by atoms with Crippen LogP contribution in [0.15, 0.2) is 46.9 Å². The Bertz CT molecular complexity index is 1080. The lowest BCUT2D eigenvalue weighted by molar-refractivity contribution is 0.00653. The van der Waals surface area contributed by atoms with Gasteiger partial charge in [-0.25, -0.2) is 4.79 Å². The summed E-state index contributed by atoms with van der Waals surface area (Å²) in [5.41, 5.74) is 4.20. The first kappa shape index (κ1) is 22.4. The second kappa shape index (κ2) is 9.78. The first-order valence-electron chi connectivity index (χ1n) is 11.7. The topological polar surface area (TPSA) is 79.9 Å². The summed E-state index contributed by atoms with van der Waals surface area (Å²) in [7, 11) is 0. The number of aliphatic hydroxyl groups is 1. The van der Waals surface area contributed by atoms with Gasteiger partial charge in [0.25, 0.3) is 0 Å². The zero-order valence-corrected chi connectivity index (χ0v) is 18.8. The van der Waals surface area contributed by atoms with Gasteiger partial charge < -0.3 is 19.4 Å². The van der Waals surface area contributed by atoms with Gasteiger partial charge >= 0.3 is 5.97 Å². The average Bonchev–Trinajstić information content (AvgIpc) is 3.21. The summed E-state index contributed by atoms with van der Waals surface area (Å²) in [5, 5.41) is 20.2. The van der Waals surface area contributed by atoms with Crippen LogP contribution in [0, 0.1) is 6.92 Å². The van der Waals surface area contributed by atoms with E-state index >= 15 is 0 Å². The lowest BCUT2D eigenvalue weighted by Gasteiger charge is -2.29. The summed E-state index contributed by atoms with van der Waals surface area (Å²) < 4.78 is 11.5. The van der Waals surface area contributed by atoms with E-state index in [1.165, 1.54) is 11.1 Å². The number of carboxylic acid groups (broad SMARTS) is 1. The molecule has 0 radical (unpaired) electrons. The van der Waals surface area contributed by atoms with Gasteiger partial charge in [0.05, 0.1) is 6.10 Å². The molecule has 4 rings (SSSR count). The maximum absolute atomic E-state index is 11.1. The van der Waals surface area contributed by atoms with Crippen molar-refractivity contribution < 1.29 is 24.2 Å². The van der Waals surface area contributed by atoms with Gasteiger partial charge in [-0.05, 0) is 92.3 Å².